The fourth-order valence-electron chi connectivity index (χ4n) is 1.35. The van der Waals surface area contributed by atoms with Crippen molar-refractivity contribution in [1.82, 2.24) is 5.32 Å². The van der Waals surface area contributed by atoms with E-state index in [1.165, 1.54) is 0 Å². The lowest BCUT2D eigenvalue weighted by molar-refractivity contribution is -0.119. The summed E-state index contributed by atoms with van der Waals surface area (Å²) in [5, 5.41) is 2.76. The Hall–Kier alpha value is -0.770. The quantitative estimate of drug-likeness (QED) is 0.796. The molecule has 1 unspecified atom stereocenters. The molecule has 0 radical (unpaired) electrons. The summed E-state index contributed by atoms with van der Waals surface area (Å²) in [5.74, 6) is 1.19. The Balaban J connectivity index is 2.15. The first kappa shape index (κ1) is 7.86. The van der Waals surface area contributed by atoms with Gasteiger partial charge in [0.05, 0.1) is 0 Å². The predicted octanol–water partition coefficient (Wildman–Crippen LogP) is 1.65. The highest BCUT2D eigenvalue weighted by Gasteiger charge is 2.25. The highest BCUT2D eigenvalue weighted by molar-refractivity contribution is 9.10. The minimum Gasteiger partial charge on any atom is -0.454 e. The SMILES string of the molecule is O=C1CC(c2ccc(Br)o2)CN1. The van der Waals surface area contributed by atoms with E-state index in [0.29, 0.717) is 13.0 Å². The van der Waals surface area contributed by atoms with Crippen LogP contribution in [-0.2, 0) is 4.79 Å². The largest absolute Gasteiger partial charge is 0.454 e. The second-order valence-corrected chi connectivity index (χ2v) is 3.63. The Morgan fingerprint density at radius 1 is 1.58 bits per heavy atom. The fraction of sp³-hybridized carbons (Fsp3) is 0.375. The van der Waals surface area contributed by atoms with Crippen LogP contribution >= 0.6 is 15.9 Å². The van der Waals surface area contributed by atoms with Gasteiger partial charge in [-0.05, 0) is 28.1 Å². The van der Waals surface area contributed by atoms with Gasteiger partial charge >= 0.3 is 0 Å². The van der Waals surface area contributed by atoms with E-state index in [1.54, 1.807) is 0 Å². The Bertz CT molecular complexity index is 308. The van der Waals surface area contributed by atoms with Crippen molar-refractivity contribution in [3.05, 3.63) is 22.6 Å². The van der Waals surface area contributed by atoms with Gasteiger partial charge in [-0.1, -0.05) is 0 Å². The number of rotatable bonds is 1. The molecule has 0 aromatic carbocycles. The summed E-state index contributed by atoms with van der Waals surface area (Å²) in [6.45, 7) is 0.693. The maximum absolute atomic E-state index is 10.9. The minimum absolute atomic E-state index is 0.104. The summed E-state index contributed by atoms with van der Waals surface area (Å²) < 4.78 is 6.06. The zero-order valence-corrected chi connectivity index (χ0v) is 7.93. The molecule has 0 bridgehead atoms. The lowest BCUT2D eigenvalue weighted by Gasteiger charge is -2.00. The first-order valence-electron chi connectivity index (χ1n) is 3.77. The molecule has 1 aliphatic rings. The number of amides is 1. The smallest absolute Gasteiger partial charge is 0.220 e. The number of hydrogen-bond donors (Lipinski definition) is 1. The van der Waals surface area contributed by atoms with E-state index in [0.717, 1.165) is 10.4 Å². The van der Waals surface area contributed by atoms with E-state index in [-0.39, 0.29) is 11.8 Å². The lowest BCUT2D eigenvalue weighted by Crippen LogP contribution is -2.13. The van der Waals surface area contributed by atoms with Crippen LogP contribution in [0.5, 0.6) is 0 Å². The fourth-order valence-corrected chi connectivity index (χ4v) is 1.67. The molecule has 3 nitrogen and oxygen atoms in total. The average molecular weight is 230 g/mol. The van der Waals surface area contributed by atoms with E-state index in [1.807, 2.05) is 12.1 Å². The van der Waals surface area contributed by atoms with Crippen LogP contribution in [0.25, 0.3) is 0 Å². The molecule has 1 fully saturated rings. The van der Waals surface area contributed by atoms with Crippen molar-refractivity contribution in [1.29, 1.82) is 0 Å². The summed E-state index contributed by atoms with van der Waals surface area (Å²) >= 11 is 3.22. The summed E-state index contributed by atoms with van der Waals surface area (Å²) in [5.41, 5.74) is 0. The molecular formula is C8H8BrNO2. The normalized spacial score (nSPS) is 22.8. The van der Waals surface area contributed by atoms with E-state index in [2.05, 4.69) is 21.2 Å². The Morgan fingerprint density at radius 2 is 2.42 bits per heavy atom. The second-order valence-electron chi connectivity index (χ2n) is 2.85. The highest BCUT2D eigenvalue weighted by Crippen LogP contribution is 2.26. The maximum atomic E-state index is 10.9. The summed E-state index contributed by atoms with van der Waals surface area (Å²) in [4.78, 5) is 10.9. The molecule has 0 spiro atoms. The van der Waals surface area contributed by atoms with Gasteiger partial charge in [0.15, 0.2) is 4.67 Å². The summed E-state index contributed by atoms with van der Waals surface area (Å²) in [6, 6.07) is 3.74. The number of hydrogen-bond acceptors (Lipinski definition) is 2. The third kappa shape index (κ3) is 1.39. The summed E-state index contributed by atoms with van der Waals surface area (Å²) in [7, 11) is 0. The molecule has 2 rings (SSSR count). The second kappa shape index (κ2) is 2.94. The van der Waals surface area contributed by atoms with E-state index < -0.39 is 0 Å². The van der Waals surface area contributed by atoms with Gasteiger partial charge in [0, 0.05) is 18.9 Å². The van der Waals surface area contributed by atoms with Crippen molar-refractivity contribution in [3.8, 4) is 0 Å². The molecule has 0 aliphatic carbocycles. The third-order valence-electron chi connectivity index (χ3n) is 1.97. The van der Waals surface area contributed by atoms with Crippen LogP contribution in [0.2, 0.25) is 0 Å². The van der Waals surface area contributed by atoms with Gasteiger partial charge in [-0.3, -0.25) is 4.79 Å². The van der Waals surface area contributed by atoms with Gasteiger partial charge in [-0.2, -0.15) is 0 Å². The molecule has 64 valence electrons. The number of furan rings is 1. The minimum atomic E-state index is 0.104. The van der Waals surface area contributed by atoms with E-state index in [9.17, 15) is 4.79 Å². The monoisotopic (exact) mass is 229 g/mol. The first-order valence-corrected chi connectivity index (χ1v) is 4.57. The van der Waals surface area contributed by atoms with Gasteiger partial charge in [-0.25, -0.2) is 0 Å². The molecule has 0 saturated carbocycles. The number of carbonyl (C=O) groups is 1. The van der Waals surface area contributed by atoms with Crippen LogP contribution in [0.15, 0.2) is 21.2 Å². The lowest BCUT2D eigenvalue weighted by atomic mass is 10.1. The highest BCUT2D eigenvalue weighted by atomic mass is 79.9. The Labute approximate surface area is 78.3 Å². The van der Waals surface area contributed by atoms with Crippen molar-refractivity contribution in [2.75, 3.05) is 6.54 Å². The van der Waals surface area contributed by atoms with Crippen molar-refractivity contribution in [2.45, 2.75) is 12.3 Å². The molecule has 2 heterocycles. The zero-order valence-electron chi connectivity index (χ0n) is 6.34. The number of halogens is 1. The van der Waals surface area contributed by atoms with Crippen LogP contribution in [0.3, 0.4) is 0 Å². The Kier molecular flexibility index (Phi) is 1.92. The standard InChI is InChI=1S/C8H8BrNO2/c9-7-2-1-6(12-7)5-3-8(11)10-4-5/h1-2,5H,3-4H2,(H,10,11). The molecule has 1 aromatic rings. The van der Waals surface area contributed by atoms with Crippen molar-refractivity contribution >= 4 is 21.8 Å². The molecule has 1 amide bonds. The molecular weight excluding hydrogens is 222 g/mol. The van der Waals surface area contributed by atoms with Crippen LogP contribution < -0.4 is 5.32 Å². The topological polar surface area (TPSA) is 42.2 Å². The van der Waals surface area contributed by atoms with Gasteiger partial charge in [0.2, 0.25) is 5.91 Å². The summed E-state index contributed by atoms with van der Waals surface area (Å²) in [6.07, 6.45) is 0.542. The molecule has 1 N–H and O–H groups in total. The van der Waals surface area contributed by atoms with Gasteiger partial charge < -0.3 is 9.73 Å². The van der Waals surface area contributed by atoms with Gasteiger partial charge in [0.1, 0.15) is 5.76 Å². The molecule has 4 heteroatoms. The molecule has 1 saturated heterocycles. The average Bonchev–Trinajstić information content (AvgIpc) is 2.58. The maximum Gasteiger partial charge on any atom is 0.220 e. The van der Waals surface area contributed by atoms with E-state index in [4.69, 9.17) is 4.42 Å². The molecule has 1 aromatic heterocycles. The predicted molar refractivity (Wildman–Crippen MR) is 46.8 cm³/mol. The molecule has 1 atom stereocenters. The van der Waals surface area contributed by atoms with E-state index >= 15 is 0 Å². The van der Waals surface area contributed by atoms with Gasteiger partial charge in [-0.15, -0.1) is 0 Å². The van der Waals surface area contributed by atoms with Crippen LogP contribution in [0, 0.1) is 0 Å². The van der Waals surface area contributed by atoms with Crippen molar-refractivity contribution in [3.63, 3.8) is 0 Å². The molecule has 12 heavy (non-hydrogen) atoms. The van der Waals surface area contributed by atoms with Crippen LogP contribution in [-0.4, -0.2) is 12.5 Å². The number of nitrogens with one attached hydrogen (secondary N) is 1. The van der Waals surface area contributed by atoms with Crippen LogP contribution in [0.4, 0.5) is 0 Å². The van der Waals surface area contributed by atoms with Crippen molar-refractivity contribution in [2.24, 2.45) is 0 Å². The van der Waals surface area contributed by atoms with Crippen molar-refractivity contribution < 1.29 is 9.21 Å². The Morgan fingerprint density at radius 3 is 2.92 bits per heavy atom. The third-order valence-corrected chi connectivity index (χ3v) is 2.40. The number of carbonyl (C=O) groups excluding carboxylic acids is 1. The van der Waals surface area contributed by atoms with Gasteiger partial charge in [0.25, 0.3) is 0 Å². The zero-order chi connectivity index (χ0) is 8.55. The first-order chi connectivity index (χ1) is 5.75. The van der Waals surface area contributed by atoms with Crippen LogP contribution in [0.1, 0.15) is 18.1 Å². The molecule has 1 aliphatic heterocycles.